The monoisotopic (exact) mass is 252 g/mol. The van der Waals surface area contributed by atoms with Crippen molar-refractivity contribution in [2.45, 2.75) is 32.1 Å². The van der Waals surface area contributed by atoms with E-state index in [2.05, 4.69) is 5.32 Å². The Morgan fingerprint density at radius 3 is 2.72 bits per heavy atom. The zero-order valence-electron chi connectivity index (χ0n) is 10.1. The minimum Gasteiger partial charge on any atom is -0.395 e. The smallest absolute Gasteiger partial charge is 0.395 e. The van der Waals surface area contributed by atoms with Crippen LogP contribution in [-0.2, 0) is 0 Å². The van der Waals surface area contributed by atoms with Crippen molar-refractivity contribution in [3.8, 4) is 0 Å². The lowest BCUT2D eigenvalue weighted by atomic mass is 9.89. The van der Waals surface area contributed by atoms with Gasteiger partial charge in [-0.1, -0.05) is 19.3 Å². The fraction of sp³-hybridized carbons (Fsp3) is 0.583. The topological polar surface area (TPSA) is 85.4 Å². The van der Waals surface area contributed by atoms with E-state index in [9.17, 15) is 14.9 Å². The van der Waals surface area contributed by atoms with Crippen LogP contribution in [0.15, 0.2) is 16.5 Å². The Hall–Kier alpha value is -1.85. The molecule has 1 aliphatic rings. The van der Waals surface area contributed by atoms with Crippen LogP contribution in [0.25, 0.3) is 0 Å². The third-order valence-electron chi connectivity index (χ3n) is 3.27. The van der Waals surface area contributed by atoms with Crippen molar-refractivity contribution in [2.75, 3.05) is 6.54 Å². The summed E-state index contributed by atoms with van der Waals surface area (Å²) in [5.41, 5.74) is 0. The highest BCUT2D eigenvalue weighted by atomic mass is 16.6. The van der Waals surface area contributed by atoms with E-state index in [1.807, 2.05) is 0 Å². The van der Waals surface area contributed by atoms with Gasteiger partial charge >= 0.3 is 5.88 Å². The second-order valence-electron chi connectivity index (χ2n) is 4.61. The Morgan fingerprint density at radius 1 is 1.39 bits per heavy atom. The van der Waals surface area contributed by atoms with Crippen molar-refractivity contribution in [3.63, 3.8) is 0 Å². The van der Waals surface area contributed by atoms with Gasteiger partial charge in [0.25, 0.3) is 5.91 Å². The van der Waals surface area contributed by atoms with Crippen molar-refractivity contribution in [1.29, 1.82) is 0 Å². The van der Waals surface area contributed by atoms with Gasteiger partial charge in [-0.05, 0) is 24.8 Å². The summed E-state index contributed by atoms with van der Waals surface area (Å²) in [6, 6.07) is 2.52. The zero-order chi connectivity index (χ0) is 13.0. The summed E-state index contributed by atoms with van der Waals surface area (Å²) < 4.78 is 4.84. The molecule has 0 spiro atoms. The predicted octanol–water partition coefficient (Wildman–Crippen LogP) is 2.50. The molecule has 1 N–H and O–H groups in total. The largest absolute Gasteiger partial charge is 0.433 e. The molecule has 0 radical (unpaired) electrons. The predicted molar refractivity (Wildman–Crippen MR) is 64.3 cm³/mol. The van der Waals surface area contributed by atoms with Crippen molar-refractivity contribution < 1.29 is 14.1 Å². The molecule has 0 aliphatic heterocycles. The van der Waals surface area contributed by atoms with Gasteiger partial charge in [-0.3, -0.25) is 14.9 Å². The summed E-state index contributed by atoms with van der Waals surface area (Å²) in [6.45, 7) is 0.618. The third kappa shape index (κ3) is 3.09. The highest BCUT2D eigenvalue weighted by Gasteiger charge is 2.19. The van der Waals surface area contributed by atoms with E-state index in [-0.39, 0.29) is 11.7 Å². The van der Waals surface area contributed by atoms with Crippen LogP contribution < -0.4 is 5.32 Å². The molecule has 6 nitrogen and oxygen atoms in total. The molecule has 1 fully saturated rings. The maximum atomic E-state index is 11.7. The van der Waals surface area contributed by atoms with Crippen LogP contribution in [0.2, 0.25) is 0 Å². The lowest BCUT2D eigenvalue weighted by Gasteiger charge is -2.21. The highest BCUT2D eigenvalue weighted by molar-refractivity contribution is 5.91. The van der Waals surface area contributed by atoms with Crippen LogP contribution >= 0.6 is 0 Å². The number of carbonyl (C=O) groups excluding carboxylic acids is 1. The first-order chi connectivity index (χ1) is 8.66. The van der Waals surface area contributed by atoms with E-state index < -0.39 is 10.8 Å². The average molecular weight is 252 g/mol. The Morgan fingerprint density at radius 2 is 2.11 bits per heavy atom. The van der Waals surface area contributed by atoms with Crippen LogP contribution in [-0.4, -0.2) is 17.4 Å². The molecule has 1 aromatic rings. The van der Waals surface area contributed by atoms with E-state index in [1.165, 1.54) is 31.4 Å². The summed E-state index contributed by atoms with van der Waals surface area (Å²) in [6.07, 6.45) is 5.98. The lowest BCUT2D eigenvalue weighted by molar-refractivity contribution is -0.402. The van der Waals surface area contributed by atoms with Crippen LogP contribution in [0.5, 0.6) is 0 Å². The molecule has 2 rings (SSSR count). The summed E-state index contributed by atoms with van der Waals surface area (Å²) in [7, 11) is 0. The van der Waals surface area contributed by atoms with E-state index >= 15 is 0 Å². The lowest BCUT2D eigenvalue weighted by Crippen LogP contribution is -2.29. The molecule has 0 aromatic carbocycles. The Balaban J connectivity index is 1.84. The molecule has 1 heterocycles. The molecule has 0 atom stereocenters. The molecule has 98 valence electrons. The maximum absolute atomic E-state index is 11.7. The standard InChI is InChI=1S/C12H16N2O4/c15-12(10-6-7-11(18-10)14(16)17)13-8-9-4-2-1-3-5-9/h6-7,9H,1-5,8H2,(H,13,15). The average Bonchev–Trinajstić information content (AvgIpc) is 2.87. The van der Waals surface area contributed by atoms with E-state index in [0.29, 0.717) is 12.5 Å². The second-order valence-corrected chi connectivity index (χ2v) is 4.61. The first kappa shape index (κ1) is 12.6. The fourth-order valence-corrected chi connectivity index (χ4v) is 2.26. The molecular formula is C12H16N2O4. The fourth-order valence-electron chi connectivity index (χ4n) is 2.26. The molecule has 0 bridgehead atoms. The van der Waals surface area contributed by atoms with Gasteiger partial charge in [-0.25, -0.2) is 0 Å². The number of nitrogens with one attached hydrogen (secondary N) is 1. The summed E-state index contributed by atoms with van der Waals surface area (Å²) in [5, 5.41) is 13.2. The van der Waals surface area contributed by atoms with Gasteiger partial charge < -0.3 is 9.73 Å². The van der Waals surface area contributed by atoms with Gasteiger partial charge in [0.2, 0.25) is 0 Å². The molecular weight excluding hydrogens is 236 g/mol. The van der Waals surface area contributed by atoms with Crippen molar-refractivity contribution in [3.05, 3.63) is 28.0 Å². The molecule has 1 aliphatic carbocycles. The number of hydrogen-bond acceptors (Lipinski definition) is 4. The van der Waals surface area contributed by atoms with E-state index in [0.717, 1.165) is 12.8 Å². The minimum atomic E-state index is -0.655. The molecule has 6 heteroatoms. The van der Waals surface area contributed by atoms with Crippen molar-refractivity contribution in [2.24, 2.45) is 5.92 Å². The van der Waals surface area contributed by atoms with Gasteiger partial charge in [-0.15, -0.1) is 0 Å². The van der Waals surface area contributed by atoms with Crippen molar-refractivity contribution in [1.82, 2.24) is 5.32 Å². The first-order valence-electron chi connectivity index (χ1n) is 6.19. The summed E-state index contributed by atoms with van der Waals surface area (Å²) in [5.74, 6) is -0.267. The van der Waals surface area contributed by atoms with Gasteiger partial charge in [0, 0.05) is 6.54 Å². The molecule has 1 amide bonds. The van der Waals surface area contributed by atoms with E-state index in [1.54, 1.807) is 0 Å². The summed E-state index contributed by atoms with van der Waals surface area (Å²) in [4.78, 5) is 21.5. The minimum absolute atomic E-state index is 0.00231. The number of hydrogen-bond donors (Lipinski definition) is 1. The number of carbonyl (C=O) groups is 1. The van der Waals surface area contributed by atoms with Crippen LogP contribution in [0.1, 0.15) is 42.7 Å². The Labute approximate surface area is 105 Å². The number of nitro groups is 1. The zero-order valence-corrected chi connectivity index (χ0v) is 10.1. The van der Waals surface area contributed by atoms with Crippen LogP contribution in [0.3, 0.4) is 0 Å². The third-order valence-corrected chi connectivity index (χ3v) is 3.27. The molecule has 18 heavy (non-hydrogen) atoms. The molecule has 1 aromatic heterocycles. The number of nitrogens with zero attached hydrogens (tertiary/aromatic N) is 1. The maximum Gasteiger partial charge on any atom is 0.433 e. The SMILES string of the molecule is O=C(NCC1CCCCC1)c1ccc([N+](=O)[O-])o1. The van der Waals surface area contributed by atoms with Crippen LogP contribution in [0, 0.1) is 16.0 Å². The Kier molecular flexibility index (Phi) is 3.96. The highest BCUT2D eigenvalue weighted by Crippen LogP contribution is 2.23. The second kappa shape index (κ2) is 5.66. The van der Waals surface area contributed by atoms with Gasteiger partial charge in [0.1, 0.15) is 4.92 Å². The normalized spacial score (nSPS) is 16.4. The number of furan rings is 1. The quantitative estimate of drug-likeness (QED) is 0.659. The van der Waals surface area contributed by atoms with Crippen LogP contribution in [0.4, 0.5) is 5.88 Å². The van der Waals surface area contributed by atoms with Crippen molar-refractivity contribution >= 4 is 11.8 Å². The van der Waals surface area contributed by atoms with Gasteiger partial charge in [-0.2, -0.15) is 0 Å². The molecule has 0 saturated heterocycles. The Bertz CT molecular complexity index is 435. The van der Waals surface area contributed by atoms with Gasteiger partial charge in [0.05, 0.1) is 6.07 Å². The molecule has 0 unspecified atom stereocenters. The van der Waals surface area contributed by atoms with Gasteiger partial charge in [0.15, 0.2) is 5.76 Å². The molecule has 1 saturated carbocycles. The van der Waals surface area contributed by atoms with E-state index in [4.69, 9.17) is 4.42 Å². The first-order valence-corrected chi connectivity index (χ1v) is 6.19. The number of amides is 1. The summed E-state index contributed by atoms with van der Waals surface area (Å²) >= 11 is 0. The number of rotatable bonds is 4.